The van der Waals surface area contributed by atoms with Crippen molar-refractivity contribution < 1.29 is 22.1 Å². The summed E-state index contributed by atoms with van der Waals surface area (Å²) in [4.78, 5) is 19.7. The number of ether oxygens (including phenoxy) is 1. The van der Waals surface area contributed by atoms with E-state index >= 15 is 0 Å². The molecular weight excluding hydrogens is 442 g/mol. The molecule has 2 atom stereocenters. The number of carbonyl (C=O) groups is 1. The minimum absolute atomic E-state index is 0.0371. The maximum absolute atomic E-state index is 13.8. The van der Waals surface area contributed by atoms with Crippen molar-refractivity contribution in [1.29, 1.82) is 0 Å². The van der Waals surface area contributed by atoms with Gasteiger partial charge in [0.2, 0.25) is 5.54 Å². The van der Waals surface area contributed by atoms with Gasteiger partial charge in [-0.1, -0.05) is 54.6 Å². The second kappa shape index (κ2) is 8.17. The Morgan fingerprint density at radius 3 is 2.45 bits per heavy atom. The van der Waals surface area contributed by atoms with Crippen LogP contribution in [-0.4, -0.2) is 51.2 Å². The molecule has 4 rings (SSSR count). The molecule has 172 valence electrons. The number of aliphatic imine (C=N–C) groups is 1. The predicted molar refractivity (Wildman–Crippen MR) is 126 cm³/mol. The summed E-state index contributed by atoms with van der Waals surface area (Å²) in [5.74, 6) is -0.289. The van der Waals surface area contributed by atoms with Crippen molar-refractivity contribution in [1.82, 2.24) is 4.90 Å². The third-order valence-corrected chi connectivity index (χ3v) is 6.47. The minimum Gasteiger partial charge on any atom is -0.383 e. The Bertz CT molecular complexity index is 1290. The number of hydrogen-bond donors (Lipinski definition) is 1. The van der Waals surface area contributed by atoms with Crippen molar-refractivity contribution >= 4 is 27.6 Å². The quantitative estimate of drug-likeness (QED) is 0.653. The van der Waals surface area contributed by atoms with Gasteiger partial charge in [-0.3, -0.25) is 9.69 Å². The van der Waals surface area contributed by atoms with E-state index in [-0.39, 0.29) is 11.7 Å². The molecule has 1 amide bonds. The van der Waals surface area contributed by atoms with E-state index in [0.29, 0.717) is 12.0 Å². The van der Waals surface area contributed by atoms with Gasteiger partial charge >= 0.3 is 10.1 Å². The van der Waals surface area contributed by atoms with Crippen LogP contribution < -0.4 is 9.92 Å². The number of nitrogens with two attached hydrogens (primary N) is 1. The van der Waals surface area contributed by atoms with Gasteiger partial charge < -0.3 is 14.7 Å². The van der Waals surface area contributed by atoms with Gasteiger partial charge in [-0.2, -0.15) is 8.42 Å². The molecule has 2 aromatic carbocycles. The Kier molecular flexibility index (Phi) is 5.63. The topological polar surface area (TPSA) is 111 Å². The number of nitrogens with zero attached hydrogens (tertiary/aromatic N) is 2. The lowest BCUT2D eigenvalue weighted by atomic mass is 9.68. The molecule has 2 aromatic rings. The van der Waals surface area contributed by atoms with Crippen LogP contribution in [0.1, 0.15) is 17.5 Å². The summed E-state index contributed by atoms with van der Waals surface area (Å²) in [6, 6.07) is 16.1. The summed E-state index contributed by atoms with van der Waals surface area (Å²) in [6.45, 7) is 0. The lowest BCUT2D eigenvalue weighted by Gasteiger charge is -2.44. The molecule has 1 aliphatic heterocycles. The highest BCUT2D eigenvalue weighted by atomic mass is 32.2. The van der Waals surface area contributed by atoms with Crippen molar-refractivity contribution in [3.8, 4) is 5.75 Å². The molecule has 8 nitrogen and oxygen atoms in total. The second-order valence-electron chi connectivity index (χ2n) is 8.05. The van der Waals surface area contributed by atoms with Crippen molar-refractivity contribution in [2.45, 2.75) is 17.6 Å². The Hall–Kier alpha value is -3.43. The van der Waals surface area contributed by atoms with Gasteiger partial charge in [0.25, 0.3) is 5.91 Å². The molecule has 1 aliphatic carbocycles. The number of hydrogen-bond acceptors (Lipinski definition) is 7. The molecule has 0 fully saturated rings. The molecule has 2 N–H and O–H groups in total. The minimum atomic E-state index is -3.77. The van der Waals surface area contributed by atoms with Crippen LogP contribution in [0, 0.1) is 0 Å². The van der Waals surface area contributed by atoms with Gasteiger partial charge in [-0.05, 0) is 34.9 Å². The Morgan fingerprint density at radius 1 is 1.12 bits per heavy atom. The number of methoxy groups -OCH3 is 1. The highest BCUT2D eigenvalue weighted by Crippen LogP contribution is 2.50. The van der Waals surface area contributed by atoms with Crippen LogP contribution in [-0.2, 0) is 25.2 Å². The lowest BCUT2D eigenvalue weighted by Crippen LogP contribution is -2.57. The first-order valence-corrected chi connectivity index (χ1v) is 12.1. The molecule has 33 heavy (non-hydrogen) atoms. The van der Waals surface area contributed by atoms with E-state index in [0.717, 1.165) is 17.4 Å². The molecule has 0 saturated carbocycles. The fourth-order valence-electron chi connectivity index (χ4n) is 4.40. The highest BCUT2D eigenvalue weighted by Gasteiger charge is 2.62. The van der Waals surface area contributed by atoms with Gasteiger partial charge in [-0.15, -0.1) is 0 Å². The summed E-state index contributed by atoms with van der Waals surface area (Å²) < 4.78 is 34.6. The van der Waals surface area contributed by atoms with Crippen LogP contribution >= 0.6 is 0 Å². The van der Waals surface area contributed by atoms with Crippen molar-refractivity contribution in [3.05, 3.63) is 84.0 Å². The van der Waals surface area contributed by atoms with E-state index < -0.39 is 27.2 Å². The Labute approximate surface area is 193 Å². The molecular formula is C24H25N3O5S. The zero-order chi connectivity index (χ0) is 23.9. The first kappa shape index (κ1) is 22.8. The van der Waals surface area contributed by atoms with E-state index in [9.17, 15) is 13.2 Å². The summed E-state index contributed by atoms with van der Waals surface area (Å²) in [5.41, 5.74) is 5.64. The Morgan fingerprint density at radius 2 is 1.85 bits per heavy atom. The Balaban J connectivity index is 1.91. The molecule has 9 heteroatoms. The van der Waals surface area contributed by atoms with E-state index in [1.807, 2.05) is 42.5 Å². The number of likely N-dealkylation sites (N-methyl/N-ethyl adjacent to an activating group) is 1. The van der Waals surface area contributed by atoms with E-state index in [1.165, 1.54) is 24.1 Å². The van der Waals surface area contributed by atoms with Crippen LogP contribution in [0.15, 0.2) is 77.8 Å². The van der Waals surface area contributed by atoms with Gasteiger partial charge in [0.05, 0.1) is 6.26 Å². The average molecular weight is 468 g/mol. The van der Waals surface area contributed by atoms with Gasteiger partial charge in [0, 0.05) is 20.6 Å². The number of allylic oxidation sites excluding steroid dienone is 2. The SMILES string of the molecule is COC1(C2(c3cccc(OS(C)(=O)=O)c3)N=C(N)N(C)C2=O)C=CC=C(c2ccccc2)C1. The normalized spacial score (nSPS) is 25.1. The molecule has 0 saturated heterocycles. The number of rotatable bonds is 6. The van der Waals surface area contributed by atoms with Crippen LogP contribution in [0.3, 0.4) is 0 Å². The summed E-state index contributed by atoms with van der Waals surface area (Å²) in [7, 11) is -0.706. The molecule has 0 aromatic heterocycles. The largest absolute Gasteiger partial charge is 0.383 e. The zero-order valence-corrected chi connectivity index (χ0v) is 19.4. The number of guanidine groups is 1. The molecule has 2 aliphatic rings. The van der Waals surface area contributed by atoms with Crippen molar-refractivity contribution in [3.63, 3.8) is 0 Å². The number of carbonyl (C=O) groups excluding carboxylic acids is 1. The van der Waals surface area contributed by atoms with E-state index in [1.54, 1.807) is 25.3 Å². The fraction of sp³-hybridized carbons (Fsp3) is 0.250. The van der Waals surface area contributed by atoms with Crippen LogP contribution in [0.25, 0.3) is 5.57 Å². The maximum Gasteiger partial charge on any atom is 0.306 e. The molecule has 1 heterocycles. The molecule has 2 unspecified atom stereocenters. The standard InChI is InChI=1S/C24H25N3O5S/c1-27-21(28)24(26-22(27)25,19-12-7-13-20(15-19)32-33(3,29)30)23(31-2)14-8-11-18(16-23)17-9-5-4-6-10-17/h4-15H,16H2,1-3H3,(H2,25,26). The first-order chi connectivity index (χ1) is 15.6. The zero-order valence-electron chi connectivity index (χ0n) is 18.6. The van der Waals surface area contributed by atoms with Crippen molar-refractivity contribution in [2.24, 2.45) is 10.7 Å². The van der Waals surface area contributed by atoms with E-state index in [2.05, 4.69) is 4.99 Å². The third kappa shape index (κ3) is 3.83. The van der Waals surface area contributed by atoms with Gasteiger partial charge in [0.1, 0.15) is 11.4 Å². The van der Waals surface area contributed by atoms with Crippen LogP contribution in [0.4, 0.5) is 0 Å². The summed E-state index contributed by atoms with van der Waals surface area (Å²) in [6.07, 6.45) is 6.90. The summed E-state index contributed by atoms with van der Waals surface area (Å²) >= 11 is 0. The smallest absolute Gasteiger partial charge is 0.306 e. The second-order valence-corrected chi connectivity index (χ2v) is 9.62. The molecule has 0 radical (unpaired) electrons. The highest BCUT2D eigenvalue weighted by molar-refractivity contribution is 7.86. The van der Waals surface area contributed by atoms with E-state index in [4.69, 9.17) is 14.7 Å². The third-order valence-electron chi connectivity index (χ3n) is 5.98. The van der Waals surface area contributed by atoms with Gasteiger partial charge in [0.15, 0.2) is 5.96 Å². The average Bonchev–Trinajstić information content (AvgIpc) is 3.04. The maximum atomic E-state index is 13.8. The van der Waals surface area contributed by atoms with Crippen molar-refractivity contribution in [2.75, 3.05) is 20.4 Å². The fourth-order valence-corrected chi connectivity index (χ4v) is 4.86. The lowest BCUT2D eigenvalue weighted by molar-refractivity contribution is -0.140. The molecule has 0 bridgehead atoms. The van der Waals surface area contributed by atoms with Crippen LogP contribution in [0.5, 0.6) is 5.75 Å². The molecule has 0 spiro atoms. The number of benzene rings is 2. The van der Waals surface area contributed by atoms with Gasteiger partial charge in [-0.25, -0.2) is 4.99 Å². The number of amides is 1. The predicted octanol–water partition coefficient (Wildman–Crippen LogP) is 2.44. The van der Waals surface area contributed by atoms with Crippen LogP contribution in [0.2, 0.25) is 0 Å². The monoisotopic (exact) mass is 467 g/mol. The first-order valence-electron chi connectivity index (χ1n) is 10.2. The summed E-state index contributed by atoms with van der Waals surface area (Å²) in [5, 5.41) is 0.